The van der Waals surface area contributed by atoms with Gasteiger partial charge in [0, 0.05) is 11.1 Å². The largest absolute Gasteiger partial charge is 0.395 e. The number of rotatable bonds is 0. The molecule has 1 aliphatic carbocycles. The van der Waals surface area contributed by atoms with E-state index in [1.54, 1.807) is 13.8 Å². The van der Waals surface area contributed by atoms with Gasteiger partial charge in [-0.05, 0) is 19.9 Å². The summed E-state index contributed by atoms with van der Waals surface area (Å²) in [6.45, 7) is 3.14. The molecule has 0 aromatic rings. The molecule has 0 saturated heterocycles. The Hall–Kier alpha value is -1.38. The van der Waals surface area contributed by atoms with E-state index < -0.39 is 0 Å². The van der Waals surface area contributed by atoms with Crippen LogP contribution in [0.3, 0.4) is 0 Å². The Morgan fingerprint density at radius 1 is 1.27 bits per heavy atom. The number of Topliss-reactive ketones (excluding diaryl/α,β-unsaturated/α-hetero) is 1. The Labute approximate surface area is 64.6 Å². The summed E-state index contributed by atoms with van der Waals surface area (Å²) in [5, 5.41) is 0. The van der Waals surface area contributed by atoms with Crippen molar-refractivity contribution < 1.29 is 9.59 Å². The van der Waals surface area contributed by atoms with Gasteiger partial charge in [-0.15, -0.1) is 0 Å². The Balaban J connectivity index is 3.19. The van der Waals surface area contributed by atoms with Gasteiger partial charge >= 0.3 is 0 Å². The van der Waals surface area contributed by atoms with Crippen LogP contribution in [-0.4, -0.2) is 11.6 Å². The van der Waals surface area contributed by atoms with Gasteiger partial charge in [-0.2, -0.15) is 0 Å². The van der Waals surface area contributed by atoms with Gasteiger partial charge < -0.3 is 5.73 Å². The van der Waals surface area contributed by atoms with E-state index in [1.807, 2.05) is 0 Å². The van der Waals surface area contributed by atoms with Crippen molar-refractivity contribution in [3.8, 4) is 0 Å². The topological polar surface area (TPSA) is 60.2 Å². The van der Waals surface area contributed by atoms with E-state index in [2.05, 4.69) is 0 Å². The molecule has 0 aromatic carbocycles. The number of carbonyl (C=O) groups excluding carboxylic acids is 2. The molecule has 3 nitrogen and oxygen atoms in total. The summed E-state index contributed by atoms with van der Waals surface area (Å²) in [5.41, 5.74) is 6.21. The maximum Gasteiger partial charge on any atom is 0.204 e. The molecule has 11 heavy (non-hydrogen) atoms. The van der Waals surface area contributed by atoms with Crippen molar-refractivity contribution >= 4 is 11.6 Å². The molecule has 0 radical (unpaired) electrons. The Kier molecular flexibility index (Phi) is 1.64. The van der Waals surface area contributed by atoms with Crippen LogP contribution in [0.2, 0.25) is 0 Å². The molecule has 0 fully saturated rings. The van der Waals surface area contributed by atoms with Crippen LogP contribution >= 0.6 is 0 Å². The number of allylic oxidation sites excluding steroid dienone is 3. The minimum atomic E-state index is -0.234. The van der Waals surface area contributed by atoms with Crippen molar-refractivity contribution in [2.75, 3.05) is 0 Å². The zero-order chi connectivity index (χ0) is 8.59. The molecular formula is C8H9NO2. The van der Waals surface area contributed by atoms with Crippen molar-refractivity contribution in [1.82, 2.24) is 0 Å². The molecule has 0 aromatic heterocycles. The van der Waals surface area contributed by atoms with Crippen LogP contribution in [0.5, 0.6) is 0 Å². The first kappa shape index (κ1) is 7.72. The lowest BCUT2D eigenvalue weighted by Gasteiger charge is -2.09. The molecule has 0 bridgehead atoms. The van der Waals surface area contributed by atoms with Gasteiger partial charge in [-0.3, -0.25) is 9.59 Å². The summed E-state index contributed by atoms with van der Waals surface area (Å²) < 4.78 is 0. The third kappa shape index (κ3) is 1.09. The number of hydrogen-bond acceptors (Lipinski definition) is 3. The van der Waals surface area contributed by atoms with Crippen molar-refractivity contribution in [1.29, 1.82) is 0 Å². The second kappa shape index (κ2) is 2.34. The quantitative estimate of drug-likeness (QED) is 0.507. The highest BCUT2D eigenvalue weighted by molar-refractivity contribution is 6.21. The monoisotopic (exact) mass is 151 g/mol. The molecule has 1 rings (SSSR count). The van der Waals surface area contributed by atoms with Crippen LogP contribution in [0.15, 0.2) is 22.9 Å². The van der Waals surface area contributed by atoms with Gasteiger partial charge in [-0.1, -0.05) is 0 Å². The SMILES string of the molecule is CC1=CC(=O)C(C)=C(N)C1=O. The molecule has 0 heterocycles. The van der Waals surface area contributed by atoms with Crippen LogP contribution in [0.4, 0.5) is 0 Å². The number of hydrogen-bond donors (Lipinski definition) is 1. The fraction of sp³-hybridized carbons (Fsp3) is 0.250. The smallest absolute Gasteiger partial charge is 0.204 e. The molecule has 0 saturated carbocycles. The number of ketones is 2. The highest BCUT2D eigenvalue weighted by Gasteiger charge is 2.20. The summed E-state index contributed by atoms with van der Waals surface area (Å²) in [6, 6.07) is 0. The molecule has 58 valence electrons. The third-order valence-corrected chi connectivity index (χ3v) is 1.72. The molecule has 0 aliphatic heterocycles. The summed E-state index contributed by atoms with van der Waals surface area (Å²) in [5.74, 6) is -0.401. The Morgan fingerprint density at radius 2 is 1.82 bits per heavy atom. The first-order chi connectivity index (χ1) is 5.04. The molecule has 0 unspecified atom stereocenters. The van der Waals surface area contributed by atoms with Gasteiger partial charge in [0.05, 0.1) is 5.70 Å². The van der Waals surface area contributed by atoms with Gasteiger partial charge in [0.25, 0.3) is 0 Å². The fourth-order valence-corrected chi connectivity index (χ4v) is 0.886. The molecule has 1 aliphatic rings. The van der Waals surface area contributed by atoms with Crippen LogP contribution in [0.25, 0.3) is 0 Å². The van der Waals surface area contributed by atoms with Gasteiger partial charge in [0.2, 0.25) is 5.78 Å². The first-order valence-corrected chi connectivity index (χ1v) is 3.27. The average Bonchev–Trinajstić information content (AvgIpc) is 1.97. The normalized spacial score (nSPS) is 18.9. The summed E-state index contributed by atoms with van der Waals surface area (Å²) >= 11 is 0. The zero-order valence-electron chi connectivity index (χ0n) is 6.47. The molecular weight excluding hydrogens is 142 g/mol. The summed E-state index contributed by atoms with van der Waals surface area (Å²) in [4.78, 5) is 22.1. The summed E-state index contributed by atoms with van der Waals surface area (Å²) in [6.07, 6.45) is 1.31. The highest BCUT2D eigenvalue weighted by Crippen LogP contribution is 2.13. The van der Waals surface area contributed by atoms with Crippen LogP contribution in [0, 0.1) is 0 Å². The minimum absolute atomic E-state index is 0.0787. The number of carbonyl (C=O) groups is 2. The van der Waals surface area contributed by atoms with E-state index in [1.165, 1.54) is 6.08 Å². The average molecular weight is 151 g/mol. The fourth-order valence-electron chi connectivity index (χ4n) is 0.886. The van der Waals surface area contributed by atoms with Crippen molar-refractivity contribution in [3.63, 3.8) is 0 Å². The van der Waals surface area contributed by atoms with E-state index >= 15 is 0 Å². The van der Waals surface area contributed by atoms with E-state index in [0.29, 0.717) is 11.1 Å². The van der Waals surface area contributed by atoms with Gasteiger partial charge in [0.15, 0.2) is 5.78 Å². The third-order valence-electron chi connectivity index (χ3n) is 1.72. The van der Waals surface area contributed by atoms with E-state index in [4.69, 9.17) is 5.73 Å². The van der Waals surface area contributed by atoms with Crippen LogP contribution < -0.4 is 5.73 Å². The van der Waals surface area contributed by atoms with E-state index in [0.717, 1.165) is 0 Å². The second-order valence-electron chi connectivity index (χ2n) is 2.56. The highest BCUT2D eigenvalue weighted by atomic mass is 16.1. The van der Waals surface area contributed by atoms with Crippen molar-refractivity contribution in [2.24, 2.45) is 5.73 Å². The molecule has 2 N–H and O–H groups in total. The number of nitrogens with two attached hydrogens (primary N) is 1. The van der Waals surface area contributed by atoms with Crippen molar-refractivity contribution in [2.45, 2.75) is 13.8 Å². The Bertz CT molecular complexity index is 297. The molecule has 0 atom stereocenters. The lowest BCUT2D eigenvalue weighted by Crippen LogP contribution is -2.22. The second-order valence-corrected chi connectivity index (χ2v) is 2.56. The van der Waals surface area contributed by atoms with E-state index in [9.17, 15) is 9.59 Å². The molecule has 0 spiro atoms. The van der Waals surface area contributed by atoms with Crippen molar-refractivity contribution in [3.05, 3.63) is 22.9 Å². The molecule has 3 heteroatoms. The standard InChI is InChI=1S/C8H9NO2/c1-4-3-6(10)5(2)7(9)8(4)11/h3H,9H2,1-2H3. The predicted molar refractivity (Wildman–Crippen MR) is 40.7 cm³/mol. The maximum atomic E-state index is 11.1. The minimum Gasteiger partial charge on any atom is -0.395 e. The Morgan fingerprint density at radius 3 is 2.36 bits per heavy atom. The predicted octanol–water partition coefficient (Wildman–Crippen LogP) is 0.317. The maximum absolute atomic E-state index is 11.1. The zero-order valence-corrected chi connectivity index (χ0v) is 6.47. The summed E-state index contributed by atoms with van der Waals surface area (Å²) in [7, 11) is 0. The first-order valence-electron chi connectivity index (χ1n) is 3.27. The lowest BCUT2D eigenvalue weighted by molar-refractivity contribution is -0.115. The van der Waals surface area contributed by atoms with E-state index in [-0.39, 0.29) is 17.3 Å². The van der Waals surface area contributed by atoms with Crippen LogP contribution in [0.1, 0.15) is 13.8 Å². The van der Waals surface area contributed by atoms with Gasteiger partial charge in [-0.25, -0.2) is 0 Å². The van der Waals surface area contributed by atoms with Gasteiger partial charge in [0.1, 0.15) is 0 Å². The molecule has 0 amide bonds. The lowest BCUT2D eigenvalue weighted by atomic mass is 9.96. The van der Waals surface area contributed by atoms with Crippen LogP contribution in [-0.2, 0) is 9.59 Å².